The van der Waals surface area contributed by atoms with Crippen LogP contribution in [0, 0.1) is 5.41 Å². The Bertz CT molecular complexity index is 61.3. The molecule has 0 aliphatic heterocycles. The normalized spacial score (nSPS) is 17.6. The van der Waals surface area contributed by atoms with Crippen LogP contribution in [0.3, 0.4) is 0 Å². The lowest BCUT2D eigenvalue weighted by atomic mass is 9.93. The van der Waals surface area contributed by atoms with E-state index in [2.05, 4.69) is 34.4 Å². The first-order valence-electron chi connectivity index (χ1n) is 3.15. The lowest BCUT2D eigenvalue weighted by molar-refractivity contribution is 0.409. The maximum atomic E-state index is 2.32. The molecule has 0 nitrogen and oxygen atoms in total. The van der Waals surface area contributed by atoms with Crippen molar-refractivity contribution in [2.45, 2.75) is 33.4 Å². The summed E-state index contributed by atoms with van der Waals surface area (Å²) in [6.07, 6.45) is 0. The average Bonchev–Trinajstić information content (AvgIpc) is 1.62. The fraction of sp³-hybridized carbons (Fsp3) is 1.00. The molecule has 8 heavy (non-hydrogen) atoms. The first kappa shape index (κ1) is 8.43. The van der Waals surface area contributed by atoms with Crippen molar-refractivity contribution in [3.05, 3.63) is 0 Å². The van der Waals surface area contributed by atoms with Gasteiger partial charge in [0, 0.05) is 0 Å². The molecule has 0 saturated heterocycles. The Morgan fingerprint density at radius 2 is 1.62 bits per heavy atom. The summed E-state index contributed by atoms with van der Waals surface area (Å²) in [5.74, 6) is 0. The zero-order chi connectivity index (χ0) is 6.78. The molecule has 50 valence electrons. The summed E-state index contributed by atoms with van der Waals surface area (Å²) in [7, 11) is 1.08. The van der Waals surface area contributed by atoms with Crippen molar-refractivity contribution >= 4 is 8.58 Å². The molecular formula is C7H17P. The predicted octanol–water partition coefficient (Wildman–Crippen LogP) is 2.73. The number of rotatable bonds is 1. The Morgan fingerprint density at radius 1 is 1.25 bits per heavy atom. The molecule has 0 aliphatic rings. The van der Waals surface area contributed by atoms with E-state index in [1.807, 2.05) is 0 Å². The molecule has 0 aromatic carbocycles. The van der Waals surface area contributed by atoms with Crippen molar-refractivity contribution in [1.29, 1.82) is 0 Å². The van der Waals surface area contributed by atoms with Crippen molar-refractivity contribution in [2.75, 3.05) is 6.66 Å². The third-order valence-electron chi connectivity index (χ3n) is 1.73. The molecule has 2 atom stereocenters. The third-order valence-corrected chi connectivity index (χ3v) is 3.46. The van der Waals surface area contributed by atoms with Gasteiger partial charge in [-0.2, -0.15) is 0 Å². The number of hydrogen-bond acceptors (Lipinski definition) is 0. The molecule has 0 rings (SSSR count). The Morgan fingerprint density at radius 3 is 1.62 bits per heavy atom. The van der Waals surface area contributed by atoms with Gasteiger partial charge < -0.3 is 0 Å². The molecule has 1 heteroatoms. The molecule has 0 radical (unpaired) electrons. The van der Waals surface area contributed by atoms with Crippen LogP contribution in [0.15, 0.2) is 0 Å². The van der Waals surface area contributed by atoms with Gasteiger partial charge in [-0.15, -0.1) is 8.58 Å². The molecule has 0 bridgehead atoms. The van der Waals surface area contributed by atoms with Crippen LogP contribution >= 0.6 is 8.58 Å². The van der Waals surface area contributed by atoms with Crippen molar-refractivity contribution in [2.24, 2.45) is 5.41 Å². The molecule has 0 aromatic rings. The summed E-state index contributed by atoms with van der Waals surface area (Å²) in [5.41, 5.74) is 1.40. The van der Waals surface area contributed by atoms with Crippen LogP contribution in [0.2, 0.25) is 0 Å². The Kier molecular flexibility index (Phi) is 2.98. The maximum Gasteiger partial charge on any atom is -0.0219 e. The molecule has 0 heterocycles. The molecule has 0 aliphatic carbocycles. The fourth-order valence-corrected chi connectivity index (χ4v) is 1.30. The van der Waals surface area contributed by atoms with Crippen molar-refractivity contribution in [1.82, 2.24) is 0 Å². The average molecular weight is 132 g/mol. The largest absolute Gasteiger partial charge is 0.122 e. The summed E-state index contributed by atoms with van der Waals surface area (Å²) < 4.78 is 0. The van der Waals surface area contributed by atoms with E-state index < -0.39 is 0 Å². The summed E-state index contributed by atoms with van der Waals surface area (Å²) in [5, 5.41) is 0. The van der Waals surface area contributed by atoms with E-state index >= 15 is 0 Å². The highest BCUT2D eigenvalue weighted by atomic mass is 31.1. The zero-order valence-corrected chi connectivity index (χ0v) is 7.58. The lowest BCUT2D eigenvalue weighted by Crippen LogP contribution is -2.17. The SMILES string of the molecule is CPC(C)C(C)(C)C. The van der Waals surface area contributed by atoms with Crippen LogP contribution in [0.25, 0.3) is 0 Å². The molecule has 0 amide bonds. The highest BCUT2D eigenvalue weighted by molar-refractivity contribution is 7.37. The minimum atomic E-state index is 0.521. The predicted molar refractivity (Wildman–Crippen MR) is 43.2 cm³/mol. The van der Waals surface area contributed by atoms with Crippen LogP contribution < -0.4 is 0 Å². The minimum Gasteiger partial charge on any atom is -0.122 e. The van der Waals surface area contributed by atoms with Gasteiger partial charge in [0.15, 0.2) is 0 Å². The van der Waals surface area contributed by atoms with Crippen LogP contribution in [-0.4, -0.2) is 12.3 Å². The molecule has 0 N–H and O–H groups in total. The summed E-state index contributed by atoms with van der Waals surface area (Å²) in [6.45, 7) is 11.5. The maximum absolute atomic E-state index is 2.32. The van der Waals surface area contributed by atoms with Gasteiger partial charge in [0.1, 0.15) is 0 Å². The van der Waals surface area contributed by atoms with E-state index in [4.69, 9.17) is 0 Å². The smallest absolute Gasteiger partial charge is 0.0219 e. The van der Waals surface area contributed by atoms with E-state index in [1.165, 1.54) is 0 Å². The Labute approximate surface area is 54.8 Å². The van der Waals surface area contributed by atoms with Gasteiger partial charge in [0.2, 0.25) is 0 Å². The van der Waals surface area contributed by atoms with Crippen molar-refractivity contribution in [3.63, 3.8) is 0 Å². The molecule has 2 unspecified atom stereocenters. The summed E-state index contributed by atoms with van der Waals surface area (Å²) in [4.78, 5) is 0. The van der Waals surface area contributed by atoms with Gasteiger partial charge in [-0.25, -0.2) is 0 Å². The zero-order valence-electron chi connectivity index (χ0n) is 6.58. The van der Waals surface area contributed by atoms with E-state index in [0.717, 1.165) is 14.2 Å². The van der Waals surface area contributed by atoms with E-state index in [9.17, 15) is 0 Å². The van der Waals surface area contributed by atoms with Crippen LogP contribution in [0.1, 0.15) is 27.7 Å². The summed E-state index contributed by atoms with van der Waals surface area (Å²) >= 11 is 0. The first-order chi connectivity index (χ1) is 3.48. The first-order valence-corrected chi connectivity index (χ1v) is 4.73. The molecule has 0 aromatic heterocycles. The van der Waals surface area contributed by atoms with Crippen LogP contribution in [0.5, 0.6) is 0 Å². The van der Waals surface area contributed by atoms with Crippen LogP contribution in [0.4, 0.5) is 0 Å². The monoisotopic (exact) mass is 132 g/mol. The highest BCUT2D eigenvalue weighted by Gasteiger charge is 2.16. The van der Waals surface area contributed by atoms with Gasteiger partial charge in [-0.1, -0.05) is 27.7 Å². The van der Waals surface area contributed by atoms with E-state index in [-0.39, 0.29) is 0 Å². The van der Waals surface area contributed by atoms with Gasteiger partial charge in [0.25, 0.3) is 0 Å². The van der Waals surface area contributed by atoms with E-state index in [0.29, 0.717) is 5.41 Å². The van der Waals surface area contributed by atoms with Crippen LogP contribution in [-0.2, 0) is 0 Å². The fourth-order valence-electron chi connectivity index (χ4n) is 0.433. The third kappa shape index (κ3) is 2.67. The molecule has 0 fully saturated rings. The Balaban J connectivity index is 3.62. The second-order valence-electron chi connectivity index (χ2n) is 3.38. The van der Waals surface area contributed by atoms with Gasteiger partial charge in [-0.05, 0) is 17.7 Å². The van der Waals surface area contributed by atoms with E-state index in [1.54, 1.807) is 0 Å². The minimum absolute atomic E-state index is 0.521. The van der Waals surface area contributed by atoms with Crippen molar-refractivity contribution < 1.29 is 0 Å². The van der Waals surface area contributed by atoms with Gasteiger partial charge in [-0.3, -0.25) is 0 Å². The lowest BCUT2D eigenvalue weighted by Gasteiger charge is -2.25. The number of hydrogen-bond donors (Lipinski definition) is 0. The topological polar surface area (TPSA) is 0 Å². The Hall–Kier alpha value is 0.430. The summed E-state index contributed by atoms with van der Waals surface area (Å²) in [6, 6.07) is 0. The molecular weight excluding hydrogens is 115 g/mol. The molecule has 0 saturated carbocycles. The second-order valence-corrected chi connectivity index (χ2v) is 4.82. The standard InChI is InChI=1S/C7H17P/c1-6(8-5)7(2,3)4/h6,8H,1-5H3. The van der Waals surface area contributed by atoms with Crippen molar-refractivity contribution in [3.8, 4) is 0 Å². The quantitative estimate of drug-likeness (QED) is 0.481. The van der Waals surface area contributed by atoms with Gasteiger partial charge in [0.05, 0.1) is 0 Å². The highest BCUT2D eigenvalue weighted by Crippen LogP contribution is 2.31. The second kappa shape index (κ2) is 2.82. The molecule has 0 spiro atoms. The van der Waals surface area contributed by atoms with Gasteiger partial charge >= 0.3 is 0 Å².